The van der Waals surface area contributed by atoms with Gasteiger partial charge in [-0.05, 0) is 32.9 Å². The highest BCUT2D eigenvalue weighted by Crippen LogP contribution is 2.08. The molecule has 5 nitrogen and oxygen atoms in total. The summed E-state index contributed by atoms with van der Waals surface area (Å²) in [5.74, 6) is 0.449. The quantitative estimate of drug-likeness (QED) is 0.663. The largest absolute Gasteiger partial charge is 0.370 e. The minimum absolute atomic E-state index is 0.0815. The first-order valence-electron chi connectivity index (χ1n) is 6.61. The van der Waals surface area contributed by atoms with Gasteiger partial charge in [-0.15, -0.1) is 0 Å². The second kappa shape index (κ2) is 5.77. The zero-order valence-corrected chi connectivity index (χ0v) is 12.2. The topological polar surface area (TPSA) is 68.2 Å². The lowest BCUT2D eigenvalue weighted by atomic mass is 10.1. The number of hydrogen-bond acceptors (Lipinski definition) is 2. The standard InChI is InChI=1S/C15H21N5/c1-15(2,3)19-14(16)17-9-12-10-18-20(11-12)13-7-5-4-6-8-13/h4-8,10-11H,9H2,1-3H3,(H3,16,17,19). The van der Waals surface area contributed by atoms with Crippen molar-refractivity contribution in [2.75, 3.05) is 0 Å². The molecule has 1 aromatic heterocycles. The molecule has 1 aromatic carbocycles. The molecular formula is C15H21N5. The average molecular weight is 271 g/mol. The van der Waals surface area contributed by atoms with Crippen molar-refractivity contribution in [2.24, 2.45) is 10.7 Å². The Labute approximate surface area is 119 Å². The summed E-state index contributed by atoms with van der Waals surface area (Å²) in [6.07, 6.45) is 3.77. The van der Waals surface area contributed by atoms with Gasteiger partial charge in [0.25, 0.3) is 0 Å². The Morgan fingerprint density at radius 2 is 2.00 bits per heavy atom. The predicted octanol–water partition coefficient (Wildman–Crippen LogP) is 2.08. The number of hydrogen-bond donors (Lipinski definition) is 2. The summed E-state index contributed by atoms with van der Waals surface area (Å²) in [5, 5.41) is 7.45. The molecule has 0 aliphatic heterocycles. The van der Waals surface area contributed by atoms with Gasteiger partial charge in [0.05, 0.1) is 18.4 Å². The van der Waals surface area contributed by atoms with Crippen molar-refractivity contribution in [1.82, 2.24) is 15.1 Å². The first-order valence-corrected chi connectivity index (χ1v) is 6.61. The number of benzene rings is 1. The number of nitrogens with two attached hydrogens (primary N) is 1. The van der Waals surface area contributed by atoms with Gasteiger partial charge in [0.2, 0.25) is 0 Å². The fraction of sp³-hybridized carbons (Fsp3) is 0.333. The Morgan fingerprint density at radius 3 is 2.65 bits per heavy atom. The minimum Gasteiger partial charge on any atom is -0.370 e. The number of aromatic nitrogens is 2. The van der Waals surface area contributed by atoms with Gasteiger partial charge in [-0.1, -0.05) is 18.2 Å². The Bertz CT molecular complexity index is 578. The van der Waals surface area contributed by atoms with Crippen LogP contribution in [0.15, 0.2) is 47.7 Å². The molecule has 0 fully saturated rings. The van der Waals surface area contributed by atoms with E-state index in [1.807, 2.05) is 62.0 Å². The van der Waals surface area contributed by atoms with Crippen LogP contribution in [0.25, 0.3) is 5.69 Å². The van der Waals surface area contributed by atoms with Crippen LogP contribution in [-0.2, 0) is 6.54 Å². The van der Waals surface area contributed by atoms with Gasteiger partial charge in [-0.25, -0.2) is 9.67 Å². The number of para-hydroxylation sites is 1. The molecule has 0 unspecified atom stereocenters. The van der Waals surface area contributed by atoms with Crippen LogP contribution >= 0.6 is 0 Å². The Morgan fingerprint density at radius 1 is 1.30 bits per heavy atom. The fourth-order valence-corrected chi connectivity index (χ4v) is 1.76. The van der Waals surface area contributed by atoms with Crippen LogP contribution in [0.1, 0.15) is 26.3 Å². The first kappa shape index (κ1) is 14.1. The monoisotopic (exact) mass is 271 g/mol. The lowest BCUT2D eigenvalue weighted by Crippen LogP contribution is -2.44. The van der Waals surface area contributed by atoms with E-state index in [0.29, 0.717) is 12.5 Å². The van der Waals surface area contributed by atoms with Crippen LogP contribution in [0.4, 0.5) is 0 Å². The van der Waals surface area contributed by atoms with E-state index in [9.17, 15) is 0 Å². The fourth-order valence-electron chi connectivity index (χ4n) is 1.76. The highest BCUT2D eigenvalue weighted by atomic mass is 15.3. The first-order chi connectivity index (χ1) is 9.44. The molecule has 0 saturated heterocycles. The van der Waals surface area contributed by atoms with Crippen LogP contribution in [0.3, 0.4) is 0 Å². The Balaban J connectivity index is 2.02. The molecular weight excluding hydrogens is 250 g/mol. The molecule has 2 rings (SSSR count). The number of guanidine groups is 1. The normalized spacial score (nSPS) is 12.4. The lowest BCUT2D eigenvalue weighted by molar-refractivity contribution is 0.508. The molecule has 5 heteroatoms. The lowest BCUT2D eigenvalue weighted by Gasteiger charge is -2.20. The van der Waals surface area contributed by atoms with Gasteiger partial charge in [0.1, 0.15) is 0 Å². The van der Waals surface area contributed by atoms with Gasteiger partial charge in [-0.3, -0.25) is 0 Å². The van der Waals surface area contributed by atoms with E-state index in [-0.39, 0.29) is 5.54 Å². The van der Waals surface area contributed by atoms with E-state index in [1.54, 1.807) is 6.20 Å². The molecule has 0 saturated carbocycles. The minimum atomic E-state index is -0.0815. The summed E-state index contributed by atoms with van der Waals surface area (Å²) < 4.78 is 1.83. The Hall–Kier alpha value is -2.30. The maximum Gasteiger partial charge on any atom is 0.189 e. The van der Waals surface area contributed by atoms with E-state index in [4.69, 9.17) is 5.73 Å². The van der Waals surface area contributed by atoms with Crippen LogP contribution in [-0.4, -0.2) is 21.3 Å². The molecule has 1 heterocycles. The number of nitrogens with zero attached hydrogens (tertiary/aromatic N) is 3. The third-order valence-electron chi connectivity index (χ3n) is 2.59. The van der Waals surface area contributed by atoms with Crippen molar-refractivity contribution in [3.63, 3.8) is 0 Å². The van der Waals surface area contributed by atoms with Crippen LogP contribution in [0.5, 0.6) is 0 Å². The van der Waals surface area contributed by atoms with Gasteiger partial charge < -0.3 is 11.1 Å². The number of rotatable bonds is 3. The zero-order chi connectivity index (χ0) is 14.6. The van der Waals surface area contributed by atoms with Gasteiger partial charge in [-0.2, -0.15) is 5.10 Å². The SMILES string of the molecule is CC(C)(C)NC(N)=NCc1cnn(-c2ccccc2)c1. The van der Waals surface area contributed by atoms with Crippen LogP contribution in [0, 0.1) is 0 Å². The zero-order valence-electron chi connectivity index (χ0n) is 12.2. The summed E-state index contributed by atoms with van der Waals surface area (Å²) in [6.45, 7) is 6.65. The third kappa shape index (κ3) is 4.12. The van der Waals surface area contributed by atoms with Crippen molar-refractivity contribution >= 4 is 5.96 Å². The molecule has 2 aromatic rings. The van der Waals surface area contributed by atoms with E-state index in [0.717, 1.165) is 11.3 Å². The molecule has 0 atom stereocenters. The molecule has 0 radical (unpaired) electrons. The second-order valence-corrected chi connectivity index (χ2v) is 5.71. The highest BCUT2D eigenvalue weighted by Gasteiger charge is 2.09. The van der Waals surface area contributed by atoms with Crippen molar-refractivity contribution < 1.29 is 0 Å². The molecule has 0 bridgehead atoms. The smallest absolute Gasteiger partial charge is 0.189 e. The van der Waals surface area contributed by atoms with E-state index >= 15 is 0 Å². The Kier molecular flexibility index (Phi) is 4.08. The summed E-state index contributed by atoms with van der Waals surface area (Å²) in [5.41, 5.74) is 7.81. The van der Waals surface area contributed by atoms with Crippen LogP contribution in [0.2, 0.25) is 0 Å². The van der Waals surface area contributed by atoms with Crippen molar-refractivity contribution in [3.05, 3.63) is 48.3 Å². The number of aliphatic imine (C=N–C) groups is 1. The van der Waals surface area contributed by atoms with Crippen molar-refractivity contribution in [2.45, 2.75) is 32.9 Å². The van der Waals surface area contributed by atoms with E-state index in [2.05, 4.69) is 15.4 Å². The molecule has 0 spiro atoms. The molecule has 3 N–H and O–H groups in total. The molecule has 20 heavy (non-hydrogen) atoms. The number of nitrogens with one attached hydrogen (secondary N) is 1. The summed E-state index contributed by atoms with van der Waals surface area (Å²) in [7, 11) is 0. The highest BCUT2D eigenvalue weighted by molar-refractivity contribution is 5.78. The maximum absolute atomic E-state index is 5.84. The third-order valence-corrected chi connectivity index (χ3v) is 2.59. The van der Waals surface area contributed by atoms with E-state index in [1.165, 1.54) is 0 Å². The predicted molar refractivity (Wildman–Crippen MR) is 81.8 cm³/mol. The molecule has 0 amide bonds. The maximum atomic E-state index is 5.84. The second-order valence-electron chi connectivity index (χ2n) is 5.71. The molecule has 106 valence electrons. The summed E-state index contributed by atoms with van der Waals surface area (Å²) >= 11 is 0. The molecule has 0 aliphatic rings. The van der Waals surface area contributed by atoms with Gasteiger partial charge in [0, 0.05) is 17.3 Å². The van der Waals surface area contributed by atoms with Crippen molar-refractivity contribution in [3.8, 4) is 5.69 Å². The molecule has 0 aliphatic carbocycles. The van der Waals surface area contributed by atoms with Gasteiger partial charge >= 0.3 is 0 Å². The van der Waals surface area contributed by atoms with Crippen LogP contribution < -0.4 is 11.1 Å². The average Bonchev–Trinajstić information content (AvgIpc) is 2.84. The van der Waals surface area contributed by atoms with E-state index < -0.39 is 0 Å². The summed E-state index contributed by atoms with van der Waals surface area (Å²) in [6, 6.07) is 9.97. The van der Waals surface area contributed by atoms with Gasteiger partial charge in [0.15, 0.2) is 5.96 Å². The van der Waals surface area contributed by atoms with Crippen molar-refractivity contribution in [1.29, 1.82) is 0 Å². The summed E-state index contributed by atoms with van der Waals surface area (Å²) in [4.78, 5) is 4.32.